The molecule has 0 heterocycles. The van der Waals surface area contributed by atoms with Gasteiger partial charge in [0.2, 0.25) is 0 Å². The maximum atomic E-state index is 10.8. The van der Waals surface area contributed by atoms with Crippen molar-refractivity contribution in [2.24, 2.45) is 0 Å². The van der Waals surface area contributed by atoms with Crippen molar-refractivity contribution >= 4 is 17.3 Å². The van der Waals surface area contributed by atoms with E-state index in [4.69, 9.17) is 16.7 Å². The van der Waals surface area contributed by atoms with Crippen molar-refractivity contribution < 1.29 is 10.0 Å². The number of rotatable bonds is 3. The molecule has 0 unspecified atom stereocenters. The summed E-state index contributed by atoms with van der Waals surface area (Å²) in [7, 11) is 0. The van der Waals surface area contributed by atoms with Gasteiger partial charge in [0, 0.05) is 6.07 Å². The van der Waals surface area contributed by atoms with Crippen LogP contribution in [-0.4, -0.2) is 10.0 Å². The Morgan fingerprint density at radius 2 is 1.72 bits per heavy atom. The summed E-state index contributed by atoms with van der Waals surface area (Å²) in [5.41, 5.74) is 2.24. The second-order valence-electron chi connectivity index (χ2n) is 3.78. The summed E-state index contributed by atoms with van der Waals surface area (Å²) in [4.78, 5) is 10.3. The van der Waals surface area contributed by atoms with E-state index < -0.39 is 4.92 Å². The molecule has 0 atom stereocenters. The minimum absolute atomic E-state index is 0.0267. The van der Waals surface area contributed by atoms with Gasteiger partial charge in [-0.3, -0.25) is 10.1 Å². The Morgan fingerprint density at radius 3 is 2.28 bits per heavy atom. The van der Waals surface area contributed by atoms with Crippen LogP contribution in [0.3, 0.4) is 0 Å². The van der Waals surface area contributed by atoms with Gasteiger partial charge in [0.1, 0.15) is 5.02 Å². The van der Waals surface area contributed by atoms with Gasteiger partial charge in [-0.15, -0.1) is 0 Å². The average Bonchev–Trinajstić information content (AvgIpc) is 2.39. The molecular weight excluding hydrogens is 254 g/mol. The van der Waals surface area contributed by atoms with E-state index in [-0.39, 0.29) is 17.3 Å². The molecule has 0 aromatic heterocycles. The summed E-state index contributed by atoms with van der Waals surface area (Å²) in [6.45, 7) is -0.0267. The molecule has 0 aliphatic heterocycles. The summed E-state index contributed by atoms with van der Waals surface area (Å²) in [6, 6.07) is 11.8. The third-order valence-electron chi connectivity index (χ3n) is 2.61. The zero-order valence-electron chi connectivity index (χ0n) is 9.34. The quantitative estimate of drug-likeness (QED) is 0.682. The van der Waals surface area contributed by atoms with Crippen LogP contribution >= 0.6 is 11.6 Å². The van der Waals surface area contributed by atoms with Crippen LogP contribution in [0.2, 0.25) is 5.02 Å². The molecule has 2 aromatic rings. The Hall–Kier alpha value is -1.91. The molecule has 18 heavy (non-hydrogen) atoms. The Labute approximate surface area is 109 Å². The highest BCUT2D eigenvalue weighted by atomic mass is 35.5. The molecule has 0 amide bonds. The molecule has 2 aromatic carbocycles. The van der Waals surface area contributed by atoms with E-state index >= 15 is 0 Å². The van der Waals surface area contributed by atoms with Gasteiger partial charge < -0.3 is 5.11 Å². The lowest BCUT2D eigenvalue weighted by molar-refractivity contribution is -0.384. The van der Waals surface area contributed by atoms with Crippen molar-refractivity contribution in [3.05, 3.63) is 63.2 Å². The molecule has 0 saturated heterocycles. The predicted octanol–water partition coefficient (Wildman–Crippen LogP) is 3.41. The smallest absolute Gasteiger partial charge is 0.288 e. The van der Waals surface area contributed by atoms with E-state index in [1.807, 2.05) is 0 Å². The fourth-order valence-corrected chi connectivity index (χ4v) is 1.82. The van der Waals surface area contributed by atoms with E-state index in [0.29, 0.717) is 0 Å². The number of hydrogen-bond donors (Lipinski definition) is 1. The molecule has 0 fully saturated rings. The summed E-state index contributed by atoms with van der Waals surface area (Å²) in [6.07, 6.45) is 0. The van der Waals surface area contributed by atoms with Crippen molar-refractivity contribution in [2.45, 2.75) is 6.61 Å². The SMILES string of the molecule is O=[N+]([O-])c1cc(-c2ccc(CO)cc2)ccc1Cl. The lowest BCUT2D eigenvalue weighted by Gasteiger charge is -2.04. The maximum Gasteiger partial charge on any atom is 0.288 e. The third kappa shape index (κ3) is 2.50. The normalized spacial score (nSPS) is 10.3. The third-order valence-corrected chi connectivity index (χ3v) is 2.93. The fraction of sp³-hybridized carbons (Fsp3) is 0.0769. The number of hydrogen-bond acceptors (Lipinski definition) is 3. The van der Waals surface area contributed by atoms with Crippen molar-refractivity contribution in [2.75, 3.05) is 0 Å². The lowest BCUT2D eigenvalue weighted by atomic mass is 10.0. The second-order valence-corrected chi connectivity index (χ2v) is 4.19. The molecule has 0 aliphatic carbocycles. The Morgan fingerprint density at radius 1 is 1.11 bits per heavy atom. The van der Waals surface area contributed by atoms with Crippen molar-refractivity contribution in [3.63, 3.8) is 0 Å². The topological polar surface area (TPSA) is 63.4 Å². The molecule has 4 nitrogen and oxygen atoms in total. The summed E-state index contributed by atoms with van der Waals surface area (Å²) >= 11 is 5.75. The maximum absolute atomic E-state index is 10.8. The van der Waals surface area contributed by atoms with Gasteiger partial charge in [-0.25, -0.2) is 0 Å². The molecule has 1 N–H and O–H groups in total. The first-order chi connectivity index (χ1) is 8.61. The molecule has 92 valence electrons. The van der Waals surface area contributed by atoms with Gasteiger partial charge in [0.25, 0.3) is 5.69 Å². The first-order valence-electron chi connectivity index (χ1n) is 5.26. The van der Waals surface area contributed by atoms with Crippen LogP contribution < -0.4 is 0 Å². The Balaban J connectivity index is 2.44. The van der Waals surface area contributed by atoms with E-state index in [1.54, 1.807) is 30.3 Å². The summed E-state index contributed by atoms with van der Waals surface area (Å²) < 4.78 is 0. The second kappa shape index (κ2) is 5.16. The zero-order valence-corrected chi connectivity index (χ0v) is 10.1. The van der Waals surface area contributed by atoms with E-state index in [2.05, 4.69) is 0 Å². The lowest BCUT2D eigenvalue weighted by Crippen LogP contribution is -1.90. The monoisotopic (exact) mass is 263 g/mol. The number of nitro groups is 1. The van der Waals surface area contributed by atoms with Gasteiger partial charge in [-0.2, -0.15) is 0 Å². The Kier molecular flexibility index (Phi) is 3.60. The van der Waals surface area contributed by atoms with Crippen LogP contribution in [0.5, 0.6) is 0 Å². The number of nitrogens with zero attached hydrogens (tertiary/aromatic N) is 1. The minimum atomic E-state index is -0.506. The summed E-state index contributed by atoms with van der Waals surface area (Å²) in [5, 5.41) is 19.9. The number of benzene rings is 2. The first-order valence-corrected chi connectivity index (χ1v) is 5.63. The minimum Gasteiger partial charge on any atom is -0.392 e. The van der Waals surface area contributed by atoms with E-state index in [9.17, 15) is 10.1 Å². The fourth-order valence-electron chi connectivity index (χ4n) is 1.63. The van der Waals surface area contributed by atoms with Crippen molar-refractivity contribution in [1.82, 2.24) is 0 Å². The highest BCUT2D eigenvalue weighted by molar-refractivity contribution is 6.32. The predicted molar refractivity (Wildman–Crippen MR) is 69.5 cm³/mol. The van der Waals surface area contributed by atoms with E-state index in [1.165, 1.54) is 12.1 Å². The first kappa shape index (κ1) is 12.5. The van der Waals surface area contributed by atoms with Crippen molar-refractivity contribution in [1.29, 1.82) is 0 Å². The van der Waals surface area contributed by atoms with Crippen LogP contribution in [0.15, 0.2) is 42.5 Å². The molecule has 0 bridgehead atoms. The number of nitro benzene ring substituents is 1. The number of aliphatic hydroxyl groups excluding tert-OH is 1. The molecular formula is C13H10ClNO3. The van der Waals surface area contributed by atoms with Gasteiger partial charge in [-0.1, -0.05) is 41.9 Å². The molecule has 0 spiro atoms. The number of aliphatic hydroxyl groups is 1. The average molecular weight is 264 g/mol. The van der Waals surface area contributed by atoms with Crippen LogP contribution in [0.4, 0.5) is 5.69 Å². The van der Waals surface area contributed by atoms with Gasteiger partial charge >= 0.3 is 0 Å². The van der Waals surface area contributed by atoms with Gasteiger partial charge in [-0.05, 0) is 22.8 Å². The van der Waals surface area contributed by atoms with Crippen LogP contribution in [0, 0.1) is 10.1 Å². The van der Waals surface area contributed by atoms with E-state index in [0.717, 1.165) is 16.7 Å². The Bertz CT molecular complexity index is 581. The highest BCUT2D eigenvalue weighted by Crippen LogP contribution is 2.30. The van der Waals surface area contributed by atoms with Crippen LogP contribution in [0.1, 0.15) is 5.56 Å². The number of halogens is 1. The molecule has 0 radical (unpaired) electrons. The van der Waals surface area contributed by atoms with Crippen LogP contribution in [0.25, 0.3) is 11.1 Å². The molecule has 2 rings (SSSR count). The van der Waals surface area contributed by atoms with Crippen molar-refractivity contribution in [3.8, 4) is 11.1 Å². The molecule has 5 heteroatoms. The standard InChI is InChI=1S/C13H10ClNO3/c14-12-6-5-11(7-13(12)15(17)18)10-3-1-9(8-16)2-4-10/h1-7,16H,8H2. The summed E-state index contributed by atoms with van der Waals surface area (Å²) in [5.74, 6) is 0. The molecule has 0 saturated carbocycles. The molecule has 0 aliphatic rings. The zero-order chi connectivity index (χ0) is 13.1. The van der Waals surface area contributed by atoms with Gasteiger partial charge in [0.15, 0.2) is 0 Å². The van der Waals surface area contributed by atoms with Crippen LogP contribution in [-0.2, 0) is 6.61 Å². The van der Waals surface area contributed by atoms with Gasteiger partial charge in [0.05, 0.1) is 11.5 Å². The highest BCUT2D eigenvalue weighted by Gasteiger charge is 2.13. The largest absolute Gasteiger partial charge is 0.392 e.